The van der Waals surface area contributed by atoms with E-state index in [9.17, 15) is 9.59 Å². The fourth-order valence-corrected chi connectivity index (χ4v) is 1.97. The van der Waals surface area contributed by atoms with E-state index in [1.807, 2.05) is 25.1 Å². The largest absolute Gasteiger partial charge is 0.493 e. The fraction of sp³-hybridized carbons (Fsp3) is 0.467. The minimum absolute atomic E-state index is 0.0997. The second-order valence-electron chi connectivity index (χ2n) is 4.84. The normalized spacial score (nSPS) is 11.4. The summed E-state index contributed by atoms with van der Waals surface area (Å²) in [6.07, 6.45) is 0.518. The second kappa shape index (κ2) is 8.76. The van der Waals surface area contributed by atoms with E-state index in [1.54, 1.807) is 14.2 Å². The number of urea groups is 1. The standard InChI is InChI=1S/C15H22N2O5/c1-10(17-15(20)16-7-6-14(18)19)8-11-4-5-12(21-2)13(9-11)22-3/h4-5,9-10H,6-8H2,1-3H3,(H,18,19)(H2,16,17,20). The first kappa shape index (κ1) is 17.6. The summed E-state index contributed by atoms with van der Waals surface area (Å²) in [7, 11) is 3.14. The van der Waals surface area contributed by atoms with Gasteiger partial charge in [0.05, 0.1) is 20.6 Å². The molecule has 0 aliphatic rings. The van der Waals surface area contributed by atoms with Crippen molar-refractivity contribution in [1.29, 1.82) is 0 Å². The van der Waals surface area contributed by atoms with E-state index in [2.05, 4.69) is 10.6 Å². The molecule has 0 aliphatic heterocycles. The van der Waals surface area contributed by atoms with Crippen molar-refractivity contribution >= 4 is 12.0 Å². The first-order chi connectivity index (χ1) is 10.5. The Kier molecular flexibility index (Phi) is 7.01. The maximum Gasteiger partial charge on any atom is 0.315 e. The lowest BCUT2D eigenvalue weighted by molar-refractivity contribution is -0.136. The predicted molar refractivity (Wildman–Crippen MR) is 81.5 cm³/mol. The van der Waals surface area contributed by atoms with Crippen molar-refractivity contribution in [2.24, 2.45) is 0 Å². The van der Waals surface area contributed by atoms with Gasteiger partial charge < -0.3 is 25.2 Å². The molecule has 1 unspecified atom stereocenters. The molecular weight excluding hydrogens is 288 g/mol. The molecule has 7 nitrogen and oxygen atoms in total. The quantitative estimate of drug-likeness (QED) is 0.674. The molecule has 0 saturated heterocycles. The third-order valence-corrected chi connectivity index (χ3v) is 2.99. The maximum atomic E-state index is 11.6. The van der Waals surface area contributed by atoms with Gasteiger partial charge in [-0.1, -0.05) is 6.07 Å². The number of carboxylic acid groups (broad SMARTS) is 1. The van der Waals surface area contributed by atoms with Gasteiger partial charge in [-0.2, -0.15) is 0 Å². The highest BCUT2D eigenvalue weighted by Crippen LogP contribution is 2.27. The predicted octanol–water partition coefficient (Wildman–Crippen LogP) is 1.41. The number of carbonyl (C=O) groups is 2. The van der Waals surface area contributed by atoms with Crippen LogP contribution in [0.15, 0.2) is 18.2 Å². The van der Waals surface area contributed by atoms with Gasteiger partial charge >= 0.3 is 12.0 Å². The van der Waals surface area contributed by atoms with E-state index in [1.165, 1.54) is 0 Å². The number of benzene rings is 1. The lowest BCUT2D eigenvalue weighted by Gasteiger charge is -2.16. The summed E-state index contributed by atoms with van der Waals surface area (Å²) in [6.45, 7) is 1.97. The van der Waals surface area contributed by atoms with Crippen LogP contribution in [0, 0.1) is 0 Å². The van der Waals surface area contributed by atoms with Crippen molar-refractivity contribution < 1.29 is 24.2 Å². The van der Waals surface area contributed by atoms with Gasteiger partial charge in [-0.05, 0) is 31.0 Å². The molecule has 3 N–H and O–H groups in total. The molecule has 0 saturated carbocycles. The summed E-state index contributed by atoms with van der Waals surface area (Å²) in [5, 5.41) is 13.8. The molecule has 1 aromatic carbocycles. The molecule has 122 valence electrons. The molecule has 0 spiro atoms. The summed E-state index contributed by atoms with van der Waals surface area (Å²) >= 11 is 0. The first-order valence-corrected chi connectivity index (χ1v) is 6.93. The summed E-state index contributed by atoms with van der Waals surface area (Å²) in [6, 6.07) is 5.09. The van der Waals surface area contributed by atoms with Gasteiger partial charge in [-0.15, -0.1) is 0 Å². The smallest absolute Gasteiger partial charge is 0.315 e. The first-order valence-electron chi connectivity index (χ1n) is 6.93. The molecule has 0 fully saturated rings. The maximum absolute atomic E-state index is 11.6. The molecule has 0 aliphatic carbocycles. The van der Waals surface area contributed by atoms with Gasteiger partial charge in [0.1, 0.15) is 0 Å². The number of aliphatic carboxylic acids is 1. The van der Waals surface area contributed by atoms with E-state index < -0.39 is 5.97 Å². The van der Waals surface area contributed by atoms with Crippen LogP contribution in [-0.4, -0.2) is 43.9 Å². The Hall–Kier alpha value is -2.44. The van der Waals surface area contributed by atoms with Crippen LogP contribution in [-0.2, 0) is 11.2 Å². The zero-order valence-corrected chi connectivity index (χ0v) is 13.0. The van der Waals surface area contributed by atoms with Crippen molar-refractivity contribution in [1.82, 2.24) is 10.6 Å². The number of hydrogen-bond donors (Lipinski definition) is 3. The molecule has 7 heteroatoms. The number of carboxylic acids is 1. The van der Waals surface area contributed by atoms with Gasteiger partial charge in [0, 0.05) is 12.6 Å². The highest BCUT2D eigenvalue weighted by molar-refractivity contribution is 5.75. The molecule has 2 amide bonds. The number of amides is 2. The number of carbonyl (C=O) groups excluding carboxylic acids is 1. The Balaban J connectivity index is 2.49. The Labute approximate surface area is 129 Å². The Morgan fingerprint density at radius 2 is 1.91 bits per heavy atom. The Morgan fingerprint density at radius 3 is 2.50 bits per heavy atom. The van der Waals surface area contributed by atoms with Crippen LogP contribution in [0.4, 0.5) is 4.79 Å². The van der Waals surface area contributed by atoms with Gasteiger partial charge in [0.15, 0.2) is 11.5 Å². The van der Waals surface area contributed by atoms with Gasteiger partial charge in [0.25, 0.3) is 0 Å². The van der Waals surface area contributed by atoms with E-state index in [0.717, 1.165) is 5.56 Å². The average molecular weight is 310 g/mol. The Morgan fingerprint density at radius 1 is 1.23 bits per heavy atom. The highest BCUT2D eigenvalue weighted by atomic mass is 16.5. The molecule has 0 heterocycles. The van der Waals surface area contributed by atoms with Crippen molar-refractivity contribution in [2.75, 3.05) is 20.8 Å². The molecule has 0 radical (unpaired) electrons. The van der Waals surface area contributed by atoms with Gasteiger partial charge in [0.2, 0.25) is 0 Å². The van der Waals surface area contributed by atoms with Crippen molar-refractivity contribution in [3.63, 3.8) is 0 Å². The van der Waals surface area contributed by atoms with Crippen LogP contribution in [0.25, 0.3) is 0 Å². The number of methoxy groups -OCH3 is 2. The summed E-state index contributed by atoms with van der Waals surface area (Å²) in [5.41, 5.74) is 0.996. The topological polar surface area (TPSA) is 96.9 Å². The zero-order chi connectivity index (χ0) is 16.5. The molecule has 1 atom stereocenters. The minimum atomic E-state index is -0.946. The van der Waals surface area contributed by atoms with E-state index >= 15 is 0 Å². The van der Waals surface area contributed by atoms with Crippen molar-refractivity contribution in [2.45, 2.75) is 25.8 Å². The minimum Gasteiger partial charge on any atom is -0.493 e. The molecule has 0 bridgehead atoms. The second-order valence-corrected chi connectivity index (χ2v) is 4.84. The highest BCUT2D eigenvalue weighted by Gasteiger charge is 2.10. The lowest BCUT2D eigenvalue weighted by Crippen LogP contribution is -2.42. The van der Waals surface area contributed by atoms with Crippen LogP contribution in [0.2, 0.25) is 0 Å². The van der Waals surface area contributed by atoms with E-state index in [-0.39, 0.29) is 25.0 Å². The third kappa shape index (κ3) is 5.90. The van der Waals surface area contributed by atoms with Crippen molar-refractivity contribution in [3.8, 4) is 11.5 Å². The average Bonchev–Trinajstić information content (AvgIpc) is 2.46. The van der Waals surface area contributed by atoms with Gasteiger partial charge in [-0.3, -0.25) is 4.79 Å². The Bertz CT molecular complexity index is 519. The number of rotatable bonds is 8. The van der Waals surface area contributed by atoms with Crippen LogP contribution in [0.5, 0.6) is 11.5 Å². The van der Waals surface area contributed by atoms with Gasteiger partial charge in [-0.25, -0.2) is 4.79 Å². The summed E-state index contributed by atoms with van der Waals surface area (Å²) in [4.78, 5) is 22.0. The number of ether oxygens (including phenoxy) is 2. The monoisotopic (exact) mass is 310 g/mol. The van der Waals surface area contributed by atoms with E-state index in [0.29, 0.717) is 17.9 Å². The number of hydrogen-bond acceptors (Lipinski definition) is 4. The summed E-state index contributed by atoms with van der Waals surface area (Å²) < 4.78 is 10.4. The molecule has 1 rings (SSSR count). The molecule has 1 aromatic rings. The van der Waals surface area contributed by atoms with Crippen LogP contribution in [0.3, 0.4) is 0 Å². The third-order valence-electron chi connectivity index (χ3n) is 2.99. The lowest BCUT2D eigenvalue weighted by atomic mass is 10.1. The summed E-state index contributed by atoms with van der Waals surface area (Å²) in [5.74, 6) is 0.343. The zero-order valence-electron chi connectivity index (χ0n) is 13.0. The van der Waals surface area contributed by atoms with Crippen LogP contribution >= 0.6 is 0 Å². The number of nitrogens with one attached hydrogen (secondary N) is 2. The molecule has 22 heavy (non-hydrogen) atoms. The van der Waals surface area contributed by atoms with E-state index in [4.69, 9.17) is 14.6 Å². The SMILES string of the molecule is COc1ccc(CC(C)NC(=O)NCCC(=O)O)cc1OC. The van der Waals surface area contributed by atoms with Crippen molar-refractivity contribution in [3.05, 3.63) is 23.8 Å². The molecular formula is C15H22N2O5. The van der Waals surface area contributed by atoms with Crippen LogP contribution < -0.4 is 20.1 Å². The molecule has 0 aromatic heterocycles. The van der Waals surface area contributed by atoms with Crippen LogP contribution in [0.1, 0.15) is 18.9 Å². The fourth-order valence-electron chi connectivity index (χ4n) is 1.97.